The first-order valence-corrected chi connectivity index (χ1v) is 9.63. The van der Waals surface area contributed by atoms with Crippen molar-refractivity contribution in [3.63, 3.8) is 0 Å². The summed E-state index contributed by atoms with van der Waals surface area (Å²) >= 11 is 0. The summed E-state index contributed by atoms with van der Waals surface area (Å²) in [6.07, 6.45) is 2.99. The van der Waals surface area contributed by atoms with E-state index in [2.05, 4.69) is 17.9 Å². The van der Waals surface area contributed by atoms with Crippen molar-refractivity contribution in [3.8, 4) is 11.9 Å². The van der Waals surface area contributed by atoms with E-state index < -0.39 is 5.56 Å². The third-order valence-corrected chi connectivity index (χ3v) is 5.51. The number of hydrogen-bond donors (Lipinski definition) is 1. The smallest absolute Gasteiger partial charge is 0.271 e. The van der Waals surface area contributed by atoms with Gasteiger partial charge < -0.3 is 5.11 Å². The van der Waals surface area contributed by atoms with Gasteiger partial charge in [0.15, 0.2) is 5.88 Å². The molecule has 1 saturated heterocycles. The van der Waals surface area contributed by atoms with Gasteiger partial charge in [0, 0.05) is 25.2 Å². The second-order valence-electron chi connectivity index (χ2n) is 7.59. The summed E-state index contributed by atoms with van der Waals surface area (Å²) in [5, 5.41) is 20.4. The number of likely N-dealkylation sites (tertiary alicyclic amines) is 1. The summed E-state index contributed by atoms with van der Waals surface area (Å²) in [7, 11) is 0. The molecule has 1 aromatic carbocycles. The maximum absolute atomic E-state index is 12.7. The van der Waals surface area contributed by atoms with Crippen LogP contribution >= 0.6 is 0 Å². The Hall–Kier alpha value is -2.58. The fraction of sp³-hybridized carbons (Fsp3) is 0.455. The molecule has 0 bridgehead atoms. The van der Waals surface area contributed by atoms with E-state index in [1.54, 1.807) is 6.92 Å². The molecule has 1 aromatic heterocycles. The van der Waals surface area contributed by atoms with Gasteiger partial charge >= 0.3 is 0 Å². The Bertz CT molecular complexity index is 896. The molecule has 1 atom stereocenters. The van der Waals surface area contributed by atoms with Crippen molar-refractivity contribution in [1.29, 1.82) is 5.26 Å². The van der Waals surface area contributed by atoms with Gasteiger partial charge in [-0.1, -0.05) is 37.3 Å². The molecule has 1 aliphatic rings. The minimum absolute atomic E-state index is 0.00524. The Morgan fingerprint density at radius 3 is 2.70 bits per heavy atom. The lowest BCUT2D eigenvalue weighted by Gasteiger charge is -2.31. The van der Waals surface area contributed by atoms with Gasteiger partial charge in [-0.2, -0.15) is 5.26 Å². The van der Waals surface area contributed by atoms with Gasteiger partial charge in [-0.15, -0.1) is 0 Å². The van der Waals surface area contributed by atoms with E-state index in [4.69, 9.17) is 0 Å². The SMILES string of the molecule is Cc1c(CN2CCCC(C)C2)c(O)n(CCc2ccccc2)c(=O)c1C#N. The zero-order chi connectivity index (χ0) is 19.4. The number of benzene rings is 1. The highest BCUT2D eigenvalue weighted by Crippen LogP contribution is 2.26. The van der Waals surface area contributed by atoms with Gasteiger partial charge in [-0.25, -0.2) is 0 Å². The van der Waals surface area contributed by atoms with Crippen molar-refractivity contribution in [2.24, 2.45) is 5.92 Å². The van der Waals surface area contributed by atoms with Crippen LogP contribution < -0.4 is 5.56 Å². The normalized spacial score (nSPS) is 17.6. The van der Waals surface area contributed by atoms with Gasteiger partial charge in [0.2, 0.25) is 0 Å². The van der Waals surface area contributed by atoms with Crippen LogP contribution in [0, 0.1) is 24.2 Å². The number of aromatic hydroxyl groups is 1. The summed E-state index contributed by atoms with van der Waals surface area (Å²) in [5.41, 5.74) is 2.14. The lowest BCUT2D eigenvalue weighted by Crippen LogP contribution is -2.35. The Labute approximate surface area is 160 Å². The van der Waals surface area contributed by atoms with Gasteiger partial charge in [0.1, 0.15) is 11.6 Å². The van der Waals surface area contributed by atoms with Crippen LogP contribution in [0.2, 0.25) is 0 Å². The molecule has 0 radical (unpaired) electrons. The van der Waals surface area contributed by atoms with E-state index >= 15 is 0 Å². The second-order valence-corrected chi connectivity index (χ2v) is 7.59. The predicted molar refractivity (Wildman–Crippen MR) is 106 cm³/mol. The third kappa shape index (κ3) is 4.23. The molecule has 1 fully saturated rings. The highest BCUT2D eigenvalue weighted by molar-refractivity contribution is 5.45. The quantitative estimate of drug-likeness (QED) is 0.883. The molecule has 0 saturated carbocycles. The van der Waals surface area contributed by atoms with E-state index in [0.29, 0.717) is 36.6 Å². The van der Waals surface area contributed by atoms with E-state index in [9.17, 15) is 15.2 Å². The Morgan fingerprint density at radius 2 is 2.04 bits per heavy atom. The maximum Gasteiger partial charge on any atom is 0.271 e. The van der Waals surface area contributed by atoms with Crippen LogP contribution in [0.5, 0.6) is 5.88 Å². The molecule has 2 aromatic rings. The number of nitrogens with zero attached hydrogens (tertiary/aromatic N) is 3. The average Bonchev–Trinajstić information content (AvgIpc) is 2.66. The minimum Gasteiger partial charge on any atom is -0.494 e. The molecule has 1 unspecified atom stereocenters. The number of pyridine rings is 1. The van der Waals surface area contributed by atoms with E-state index in [-0.39, 0.29) is 11.4 Å². The molecule has 1 aliphatic heterocycles. The summed E-state index contributed by atoms with van der Waals surface area (Å²) in [5.74, 6) is 0.631. The van der Waals surface area contributed by atoms with Gasteiger partial charge in [-0.05, 0) is 49.8 Å². The molecule has 2 heterocycles. The molecule has 5 heteroatoms. The van der Waals surface area contributed by atoms with E-state index in [1.165, 1.54) is 11.0 Å². The summed E-state index contributed by atoms with van der Waals surface area (Å²) in [6.45, 7) is 6.89. The second kappa shape index (κ2) is 8.41. The number of nitriles is 1. The first-order valence-electron chi connectivity index (χ1n) is 9.63. The Kier molecular flexibility index (Phi) is 5.98. The number of piperidine rings is 1. The van der Waals surface area contributed by atoms with Crippen molar-refractivity contribution in [1.82, 2.24) is 9.47 Å². The van der Waals surface area contributed by atoms with Crippen molar-refractivity contribution in [2.45, 2.75) is 46.2 Å². The maximum atomic E-state index is 12.7. The largest absolute Gasteiger partial charge is 0.494 e. The molecule has 0 spiro atoms. The first kappa shape index (κ1) is 19.2. The molecule has 27 heavy (non-hydrogen) atoms. The van der Waals surface area contributed by atoms with Crippen LogP contribution in [0.25, 0.3) is 0 Å². The number of rotatable bonds is 5. The standard InChI is InChI=1S/C22H27N3O2/c1-16-7-6-11-24(14-16)15-20-17(2)19(13-23)21(26)25(22(20)27)12-10-18-8-4-3-5-9-18/h3-5,8-9,16,27H,6-7,10-12,14-15H2,1-2H3. The molecule has 0 amide bonds. The van der Waals surface area contributed by atoms with Crippen molar-refractivity contribution in [3.05, 3.63) is 62.9 Å². The molecular weight excluding hydrogens is 338 g/mol. The fourth-order valence-electron chi connectivity index (χ4n) is 3.94. The zero-order valence-corrected chi connectivity index (χ0v) is 16.1. The number of aromatic nitrogens is 1. The summed E-state index contributed by atoms with van der Waals surface area (Å²) in [4.78, 5) is 15.0. The first-order chi connectivity index (χ1) is 13.0. The van der Waals surface area contributed by atoms with Crippen LogP contribution in [-0.4, -0.2) is 27.7 Å². The monoisotopic (exact) mass is 365 g/mol. The lowest BCUT2D eigenvalue weighted by molar-refractivity contribution is 0.173. The summed E-state index contributed by atoms with van der Waals surface area (Å²) in [6, 6.07) is 11.9. The van der Waals surface area contributed by atoms with E-state index in [1.807, 2.05) is 30.3 Å². The number of hydrogen-bond acceptors (Lipinski definition) is 4. The van der Waals surface area contributed by atoms with Crippen LogP contribution in [0.4, 0.5) is 0 Å². The Balaban J connectivity index is 1.93. The average molecular weight is 365 g/mol. The van der Waals surface area contributed by atoms with E-state index in [0.717, 1.165) is 25.1 Å². The fourth-order valence-corrected chi connectivity index (χ4v) is 3.94. The van der Waals surface area contributed by atoms with Crippen molar-refractivity contribution < 1.29 is 5.11 Å². The molecule has 3 rings (SSSR count). The van der Waals surface area contributed by atoms with Crippen molar-refractivity contribution in [2.75, 3.05) is 13.1 Å². The highest BCUT2D eigenvalue weighted by atomic mass is 16.3. The summed E-state index contributed by atoms with van der Waals surface area (Å²) < 4.78 is 1.36. The number of aryl methyl sites for hydroxylation is 1. The molecule has 5 nitrogen and oxygen atoms in total. The lowest BCUT2D eigenvalue weighted by atomic mass is 9.98. The predicted octanol–water partition coefficient (Wildman–Crippen LogP) is 3.21. The van der Waals surface area contributed by atoms with Crippen LogP contribution in [0.15, 0.2) is 35.1 Å². The molecule has 0 aliphatic carbocycles. The van der Waals surface area contributed by atoms with Gasteiger partial charge in [-0.3, -0.25) is 14.3 Å². The van der Waals surface area contributed by atoms with Crippen LogP contribution in [0.1, 0.15) is 42.0 Å². The molecular formula is C22H27N3O2. The van der Waals surface area contributed by atoms with Gasteiger partial charge in [0.25, 0.3) is 5.56 Å². The van der Waals surface area contributed by atoms with Crippen LogP contribution in [-0.2, 0) is 19.5 Å². The third-order valence-electron chi connectivity index (χ3n) is 5.51. The van der Waals surface area contributed by atoms with Crippen molar-refractivity contribution >= 4 is 0 Å². The highest BCUT2D eigenvalue weighted by Gasteiger charge is 2.23. The topological polar surface area (TPSA) is 69.3 Å². The van der Waals surface area contributed by atoms with Gasteiger partial charge in [0.05, 0.1) is 0 Å². The molecule has 1 N–H and O–H groups in total. The Morgan fingerprint density at radius 1 is 1.30 bits per heavy atom. The molecule has 142 valence electrons. The van der Waals surface area contributed by atoms with Crippen LogP contribution in [0.3, 0.4) is 0 Å². The minimum atomic E-state index is -0.404. The zero-order valence-electron chi connectivity index (χ0n) is 16.1.